The van der Waals surface area contributed by atoms with Gasteiger partial charge in [-0.3, -0.25) is 4.90 Å². The first-order valence-corrected chi connectivity index (χ1v) is 8.46. The maximum Gasteiger partial charge on any atom is 0.0303 e. The lowest BCUT2D eigenvalue weighted by atomic mass is 9.83. The summed E-state index contributed by atoms with van der Waals surface area (Å²) in [7, 11) is 2.31. The van der Waals surface area contributed by atoms with E-state index in [4.69, 9.17) is 5.73 Å². The Labute approximate surface area is 121 Å². The summed E-state index contributed by atoms with van der Waals surface area (Å²) in [4.78, 5) is 2.62. The van der Waals surface area contributed by atoms with Gasteiger partial charge in [-0.25, -0.2) is 0 Å². The summed E-state index contributed by atoms with van der Waals surface area (Å²) in [5.41, 5.74) is 6.32. The van der Waals surface area contributed by atoms with Crippen molar-refractivity contribution >= 4 is 0 Å². The predicted octanol–water partition coefficient (Wildman–Crippen LogP) is 4.18. The van der Waals surface area contributed by atoms with Crippen LogP contribution in [-0.4, -0.2) is 30.1 Å². The molecule has 0 heterocycles. The molecule has 2 heteroatoms. The van der Waals surface area contributed by atoms with Crippen LogP contribution in [0.1, 0.15) is 78.6 Å². The van der Waals surface area contributed by atoms with Gasteiger partial charge in [0.25, 0.3) is 0 Å². The third-order valence-electron chi connectivity index (χ3n) is 5.39. The molecule has 1 saturated carbocycles. The Bertz CT molecular complexity index is 233. The molecule has 1 aliphatic rings. The van der Waals surface area contributed by atoms with Crippen LogP contribution in [0.3, 0.4) is 0 Å². The molecule has 1 unspecified atom stereocenters. The lowest BCUT2D eigenvalue weighted by molar-refractivity contribution is 0.0545. The van der Waals surface area contributed by atoms with E-state index in [2.05, 4.69) is 32.7 Å². The van der Waals surface area contributed by atoms with Crippen LogP contribution in [0.25, 0.3) is 0 Å². The zero-order valence-corrected chi connectivity index (χ0v) is 13.8. The number of unbranched alkanes of at least 4 members (excludes halogenated alkanes) is 3. The van der Waals surface area contributed by atoms with Gasteiger partial charge in [-0.1, -0.05) is 39.5 Å². The molecule has 2 N–H and O–H groups in total. The highest BCUT2D eigenvalue weighted by Crippen LogP contribution is 2.31. The molecular weight excluding hydrogens is 232 g/mol. The summed E-state index contributed by atoms with van der Waals surface area (Å²) in [5.74, 6) is 0.929. The Kier molecular flexibility index (Phi) is 7.38. The molecule has 0 amide bonds. The van der Waals surface area contributed by atoms with Crippen molar-refractivity contribution in [2.24, 2.45) is 11.7 Å². The second kappa shape index (κ2) is 8.26. The van der Waals surface area contributed by atoms with E-state index in [-0.39, 0.29) is 5.54 Å². The minimum Gasteiger partial charge on any atom is -0.329 e. The Morgan fingerprint density at radius 2 is 1.74 bits per heavy atom. The molecule has 0 radical (unpaired) electrons. The molecule has 0 aromatic heterocycles. The number of hydrogen-bond acceptors (Lipinski definition) is 2. The maximum absolute atomic E-state index is 6.11. The summed E-state index contributed by atoms with van der Waals surface area (Å²) in [6.07, 6.45) is 12.1. The molecule has 0 aromatic carbocycles. The fourth-order valence-corrected chi connectivity index (χ4v) is 3.43. The van der Waals surface area contributed by atoms with E-state index in [0.29, 0.717) is 0 Å². The predicted molar refractivity (Wildman–Crippen MR) is 85.4 cm³/mol. The first-order chi connectivity index (χ1) is 9.03. The van der Waals surface area contributed by atoms with Gasteiger partial charge in [-0.05, 0) is 52.0 Å². The topological polar surface area (TPSA) is 29.3 Å². The van der Waals surface area contributed by atoms with E-state index < -0.39 is 0 Å². The minimum atomic E-state index is 0.207. The third kappa shape index (κ3) is 5.07. The Hall–Kier alpha value is -0.0800. The molecule has 19 heavy (non-hydrogen) atoms. The van der Waals surface area contributed by atoms with Crippen LogP contribution < -0.4 is 5.73 Å². The molecule has 0 bridgehead atoms. The minimum absolute atomic E-state index is 0.207. The van der Waals surface area contributed by atoms with Crippen LogP contribution in [0.2, 0.25) is 0 Å². The number of nitrogens with two attached hydrogens (primary N) is 1. The van der Waals surface area contributed by atoms with Gasteiger partial charge in [-0.2, -0.15) is 0 Å². The standard InChI is InChI=1S/C17H36N2/c1-5-6-7-8-13-17(3,14-18)19(4)16-11-9-15(2)10-12-16/h15-16H,5-14,18H2,1-4H3. The maximum atomic E-state index is 6.11. The lowest BCUT2D eigenvalue weighted by Crippen LogP contribution is -2.54. The van der Waals surface area contributed by atoms with Crippen LogP contribution in [0, 0.1) is 5.92 Å². The van der Waals surface area contributed by atoms with Gasteiger partial charge in [-0.15, -0.1) is 0 Å². The zero-order chi connectivity index (χ0) is 14.3. The third-order valence-corrected chi connectivity index (χ3v) is 5.39. The number of nitrogens with zero attached hydrogens (tertiary/aromatic N) is 1. The van der Waals surface area contributed by atoms with E-state index in [1.807, 2.05) is 0 Å². The van der Waals surface area contributed by atoms with Gasteiger partial charge in [0.1, 0.15) is 0 Å². The average Bonchev–Trinajstić information content (AvgIpc) is 2.43. The van der Waals surface area contributed by atoms with Gasteiger partial charge in [0, 0.05) is 18.1 Å². The Morgan fingerprint density at radius 1 is 1.11 bits per heavy atom. The molecule has 1 aliphatic carbocycles. The van der Waals surface area contributed by atoms with E-state index >= 15 is 0 Å². The number of rotatable bonds is 8. The van der Waals surface area contributed by atoms with Gasteiger partial charge < -0.3 is 5.73 Å². The van der Waals surface area contributed by atoms with Crippen LogP contribution in [0.5, 0.6) is 0 Å². The zero-order valence-electron chi connectivity index (χ0n) is 13.8. The summed E-state index contributed by atoms with van der Waals surface area (Å²) >= 11 is 0. The molecule has 2 nitrogen and oxygen atoms in total. The monoisotopic (exact) mass is 268 g/mol. The van der Waals surface area contributed by atoms with Gasteiger partial charge >= 0.3 is 0 Å². The van der Waals surface area contributed by atoms with Crippen LogP contribution in [0.15, 0.2) is 0 Å². The lowest BCUT2D eigenvalue weighted by Gasteiger charge is -2.45. The molecule has 1 rings (SSSR count). The molecule has 0 saturated heterocycles. The molecule has 0 spiro atoms. The normalized spacial score (nSPS) is 27.5. The van der Waals surface area contributed by atoms with Gasteiger partial charge in [0.05, 0.1) is 0 Å². The van der Waals surface area contributed by atoms with Crippen molar-refractivity contribution in [1.29, 1.82) is 0 Å². The van der Waals surface area contributed by atoms with E-state index in [1.165, 1.54) is 57.8 Å². The van der Waals surface area contributed by atoms with Crippen LogP contribution >= 0.6 is 0 Å². The second-order valence-corrected chi connectivity index (χ2v) is 7.04. The first kappa shape index (κ1) is 17.0. The number of hydrogen-bond donors (Lipinski definition) is 1. The molecule has 114 valence electrons. The number of likely N-dealkylation sites (N-methyl/N-ethyl adjacent to an activating group) is 1. The van der Waals surface area contributed by atoms with Crippen molar-refractivity contribution in [1.82, 2.24) is 4.90 Å². The molecular formula is C17H36N2. The smallest absolute Gasteiger partial charge is 0.0303 e. The quantitative estimate of drug-likeness (QED) is 0.669. The van der Waals surface area contributed by atoms with Crippen LogP contribution in [0.4, 0.5) is 0 Å². The summed E-state index contributed by atoms with van der Waals surface area (Å²) in [6.45, 7) is 7.83. The molecule has 1 fully saturated rings. The van der Waals surface area contributed by atoms with Gasteiger partial charge in [0.2, 0.25) is 0 Å². The summed E-state index contributed by atoms with van der Waals surface area (Å²) < 4.78 is 0. The highest BCUT2D eigenvalue weighted by atomic mass is 15.2. The van der Waals surface area contributed by atoms with E-state index in [1.54, 1.807) is 0 Å². The molecule has 1 atom stereocenters. The average molecular weight is 268 g/mol. The molecule has 0 aliphatic heterocycles. The Morgan fingerprint density at radius 3 is 2.26 bits per heavy atom. The SMILES string of the molecule is CCCCCCC(C)(CN)N(C)C1CCC(C)CC1. The van der Waals surface area contributed by atoms with E-state index in [9.17, 15) is 0 Å². The van der Waals surface area contributed by atoms with Crippen LogP contribution in [-0.2, 0) is 0 Å². The molecule has 0 aromatic rings. The highest BCUT2D eigenvalue weighted by molar-refractivity contribution is 4.90. The van der Waals surface area contributed by atoms with E-state index in [0.717, 1.165) is 18.5 Å². The largest absolute Gasteiger partial charge is 0.329 e. The van der Waals surface area contributed by atoms with Crippen molar-refractivity contribution in [3.05, 3.63) is 0 Å². The van der Waals surface area contributed by atoms with Crippen molar-refractivity contribution in [3.63, 3.8) is 0 Å². The first-order valence-electron chi connectivity index (χ1n) is 8.46. The second-order valence-electron chi connectivity index (χ2n) is 7.04. The van der Waals surface area contributed by atoms with Crippen molar-refractivity contribution in [2.45, 2.75) is 90.1 Å². The Balaban J connectivity index is 2.46. The summed E-state index contributed by atoms with van der Waals surface area (Å²) in [6, 6.07) is 0.760. The van der Waals surface area contributed by atoms with Crippen molar-refractivity contribution in [3.8, 4) is 0 Å². The summed E-state index contributed by atoms with van der Waals surface area (Å²) in [5, 5.41) is 0. The van der Waals surface area contributed by atoms with Gasteiger partial charge in [0.15, 0.2) is 0 Å². The fraction of sp³-hybridized carbons (Fsp3) is 1.00. The van der Waals surface area contributed by atoms with Crippen molar-refractivity contribution in [2.75, 3.05) is 13.6 Å². The van der Waals surface area contributed by atoms with Crippen molar-refractivity contribution < 1.29 is 0 Å². The highest BCUT2D eigenvalue weighted by Gasteiger charge is 2.33. The fourth-order valence-electron chi connectivity index (χ4n) is 3.43.